The van der Waals surface area contributed by atoms with E-state index < -0.39 is 0 Å². The summed E-state index contributed by atoms with van der Waals surface area (Å²) in [5.41, 5.74) is 4.12. The minimum Gasteiger partial charge on any atom is -0.459 e. The summed E-state index contributed by atoms with van der Waals surface area (Å²) >= 11 is 6.36. The fourth-order valence-electron chi connectivity index (χ4n) is 3.69. The lowest BCUT2D eigenvalue weighted by Gasteiger charge is -2.21. The van der Waals surface area contributed by atoms with Crippen LogP contribution in [0.15, 0.2) is 107 Å². The van der Waals surface area contributed by atoms with Crippen molar-refractivity contribution in [1.82, 2.24) is 0 Å². The molecule has 0 amide bonds. The lowest BCUT2D eigenvalue weighted by Crippen LogP contribution is -2.17. The van der Waals surface area contributed by atoms with Gasteiger partial charge < -0.3 is 4.42 Å². The second-order valence-electron chi connectivity index (χ2n) is 6.99. The number of rotatable bonds is 4. The summed E-state index contributed by atoms with van der Waals surface area (Å²) in [5.74, 6) is 1.64. The van der Waals surface area contributed by atoms with Crippen LogP contribution >= 0.6 is 11.6 Å². The van der Waals surface area contributed by atoms with Crippen LogP contribution in [0.25, 0.3) is 11.3 Å². The standard InChI is InChI=1S/C25H19ClN2O/c26-21-14-8-7-13-20(21)24-15-16-25(29-24)23-17-22(18-9-3-1-4-10-18)27-28(23)19-11-5-2-6-12-19/h1-16,23H,17H2. The molecule has 0 radical (unpaired) electrons. The van der Waals surface area contributed by atoms with Crippen molar-refractivity contribution in [3.63, 3.8) is 0 Å². The lowest BCUT2D eigenvalue weighted by atomic mass is 10.0. The maximum atomic E-state index is 6.36. The Morgan fingerprint density at radius 3 is 2.24 bits per heavy atom. The Kier molecular flexibility index (Phi) is 4.66. The topological polar surface area (TPSA) is 28.7 Å². The predicted octanol–water partition coefficient (Wildman–Crippen LogP) is 6.96. The third-order valence-corrected chi connectivity index (χ3v) is 5.46. The number of nitrogens with zero attached hydrogens (tertiary/aromatic N) is 2. The Bertz CT molecular complexity index is 1150. The monoisotopic (exact) mass is 398 g/mol. The number of furan rings is 1. The molecule has 3 nitrogen and oxygen atoms in total. The van der Waals surface area contributed by atoms with Gasteiger partial charge in [-0.3, -0.25) is 5.01 Å². The number of hydrogen-bond acceptors (Lipinski definition) is 3. The quantitative estimate of drug-likeness (QED) is 0.372. The molecule has 0 fully saturated rings. The van der Waals surface area contributed by atoms with E-state index >= 15 is 0 Å². The Balaban J connectivity index is 1.53. The van der Waals surface area contributed by atoms with E-state index in [1.807, 2.05) is 72.8 Å². The zero-order chi connectivity index (χ0) is 19.6. The normalized spacial score (nSPS) is 16.1. The van der Waals surface area contributed by atoms with Crippen molar-refractivity contribution >= 4 is 23.0 Å². The first-order valence-corrected chi connectivity index (χ1v) is 9.99. The van der Waals surface area contributed by atoms with E-state index in [2.05, 4.69) is 29.3 Å². The molecular formula is C25H19ClN2O. The number of anilines is 1. The van der Waals surface area contributed by atoms with E-state index in [9.17, 15) is 0 Å². The minimum atomic E-state index is -0.0103. The molecule has 3 aromatic carbocycles. The lowest BCUT2D eigenvalue weighted by molar-refractivity contribution is 0.475. The fourth-order valence-corrected chi connectivity index (χ4v) is 3.92. The van der Waals surface area contributed by atoms with Crippen molar-refractivity contribution in [2.45, 2.75) is 12.5 Å². The Morgan fingerprint density at radius 2 is 1.48 bits per heavy atom. The summed E-state index contributed by atoms with van der Waals surface area (Å²) in [6, 6.07) is 32.3. The third-order valence-electron chi connectivity index (χ3n) is 5.13. The summed E-state index contributed by atoms with van der Waals surface area (Å²) in [6.45, 7) is 0. The first kappa shape index (κ1) is 17.8. The number of benzene rings is 3. The van der Waals surface area contributed by atoms with E-state index in [1.54, 1.807) is 0 Å². The molecule has 2 heterocycles. The van der Waals surface area contributed by atoms with Crippen LogP contribution in [0.4, 0.5) is 5.69 Å². The molecule has 4 heteroatoms. The number of hydrazone groups is 1. The highest BCUT2D eigenvalue weighted by atomic mass is 35.5. The number of halogens is 1. The Morgan fingerprint density at radius 1 is 0.793 bits per heavy atom. The minimum absolute atomic E-state index is 0.0103. The second kappa shape index (κ2) is 7.61. The highest BCUT2D eigenvalue weighted by molar-refractivity contribution is 6.33. The van der Waals surface area contributed by atoms with E-state index in [4.69, 9.17) is 21.1 Å². The molecule has 1 unspecified atom stereocenters. The van der Waals surface area contributed by atoms with Crippen LogP contribution in [0.5, 0.6) is 0 Å². The van der Waals surface area contributed by atoms with Gasteiger partial charge in [-0.1, -0.05) is 72.3 Å². The molecule has 0 saturated heterocycles. The van der Waals surface area contributed by atoms with E-state index in [0.717, 1.165) is 40.5 Å². The van der Waals surface area contributed by atoms with Crippen molar-refractivity contribution in [2.75, 3.05) is 5.01 Å². The van der Waals surface area contributed by atoms with Gasteiger partial charge in [-0.25, -0.2) is 0 Å². The molecule has 4 aromatic rings. The van der Waals surface area contributed by atoms with Crippen LogP contribution in [0.2, 0.25) is 5.02 Å². The largest absolute Gasteiger partial charge is 0.459 e. The van der Waals surface area contributed by atoms with Crippen LogP contribution < -0.4 is 5.01 Å². The van der Waals surface area contributed by atoms with Gasteiger partial charge in [-0.15, -0.1) is 0 Å². The van der Waals surface area contributed by atoms with E-state index in [0.29, 0.717) is 5.02 Å². The van der Waals surface area contributed by atoms with Gasteiger partial charge in [0.05, 0.1) is 16.4 Å². The van der Waals surface area contributed by atoms with Crippen LogP contribution in [-0.4, -0.2) is 5.71 Å². The van der Waals surface area contributed by atoms with E-state index in [-0.39, 0.29) is 6.04 Å². The average molecular weight is 399 g/mol. The molecule has 1 atom stereocenters. The molecule has 0 spiro atoms. The Labute approximate surface area is 174 Å². The fraction of sp³-hybridized carbons (Fsp3) is 0.0800. The summed E-state index contributed by atoms with van der Waals surface area (Å²) in [5, 5.41) is 7.68. The maximum absolute atomic E-state index is 6.36. The first-order valence-electron chi connectivity index (χ1n) is 9.61. The number of hydrogen-bond donors (Lipinski definition) is 0. The van der Waals surface area contributed by atoms with Gasteiger partial charge in [0.2, 0.25) is 0 Å². The SMILES string of the molecule is Clc1ccccc1-c1ccc(C2CC(c3ccccc3)=NN2c2ccccc2)o1. The highest BCUT2D eigenvalue weighted by Crippen LogP contribution is 2.39. The Hall–Kier alpha value is -3.30. The van der Waals surface area contributed by atoms with Crippen molar-refractivity contribution in [3.05, 3.63) is 113 Å². The molecule has 1 aliphatic heterocycles. The van der Waals surface area contributed by atoms with Gasteiger partial charge in [-0.2, -0.15) is 5.10 Å². The highest BCUT2D eigenvalue weighted by Gasteiger charge is 2.32. The molecule has 29 heavy (non-hydrogen) atoms. The van der Waals surface area contributed by atoms with Crippen molar-refractivity contribution in [2.24, 2.45) is 5.10 Å². The van der Waals surface area contributed by atoms with Crippen LogP contribution in [0.1, 0.15) is 23.8 Å². The average Bonchev–Trinajstić information content (AvgIpc) is 3.43. The zero-order valence-corrected chi connectivity index (χ0v) is 16.5. The van der Waals surface area contributed by atoms with Crippen LogP contribution in [0.3, 0.4) is 0 Å². The van der Waals surface area contributed by atoms with Crippen LogP contribution in [0, 0.1) is 0 Å². The summed E-state index contributed by atoms with van der Waals surface area (Å²) < 4.78 is 6.27. The van der Waals surface area contributed by atoms with Crippen molar-refractivity contribution in [3.8, 4) is 11.3 Å². The molecule has 0 aliphatic carbocycles. The molecule has 0 N–H and O–H groups in total. The van der Waals surface area contributed by atoms with Gasteiger partial charge in [0.25, 0.3) is 0 Å². The van der Waals surface area contributed by atoms with Gasteiger partial charge in [0.15, 0.2) is 0 Å². The molecule has 142 valence electrons. The van der Waals surface area contributed by atoms with Gasteiger partial charge in [0, 0.05) is 12.0 Å². The summed E-state index contributed by atoms with van der Waals surface area (Å²) in [7, 11) is 0. The number of para-hydroxylation sites is 1. The molecule has 1 aliphatic rings. The van der Waals surface area contributed by atoms with Gasteiger partial charge in [0.1, 0.15) is 17.6 Å². The molecule has 5 rings (SSSR count). The van der Waals surface area contributed by atoms with Crippen LogP contribution in [-0.2, 0) is 0 Å². The second-order valence-corrected chi connectivity index (χ2v) is 7.40. The third kappa shape index (κ3) is 3.45. The smallest absolute Gasteiger partial charge is 0.135 e. The first-order chi connectivity index (χ1) is 14.3. The predicted molar refractivity (Wildman–Crippen MR) is 118 cm³/mol. The molecular weight excluding hydrogens is 380 g/mol. The molecule has 0 saturated carbocycles. The zero-order valence-electron chi connectivity index (χ0n) is 15.7. The van der Waals surface area contributed by atoms with E-state index in [1.165, 1.54) is 0 Å². The van der Waals surface area contributed by atoms with Crippen molar-refractivity contribution < 1.29 is 4.42 Å². The summed E-state index contributed by atoms with van der Waals surface area (Å²) in [4.78, 5) is 0. The maximum Gasteiger partial charge on any atom is 0.135 e. The summed E-state index contributed by atoms with van der Waals surface area (Å²) in [6.07, 6.45) is 0.772. The van der Waals surface area contributed by atoms with Gasteiger partial charge >= 0.3 is 0 Å². The molecule has 0 bridgehead atoms. The van der Waals surface area contributed by atoms with Crippen molar-refractivity contribution in [1.29, 1.82) is 0 Å². The molecule has 1 aromatic heterocycles. The van der Waals surface area contributed by atoms with Gasteiger partial charge in [-0.05, 0) is 42.0 Å².